The minimum atomic E-state index is -0.0189. The van der Waals surface area contributed by atoms with Crippen LogP contribution in [0.4, 0.5) is 0 Å². The largest absolute Gasteiger partial charge is 0.384 e. The number of ketones is 1. The van der Waals surface area contributed by atoms with E-state index in [4.69, 9.17) is 11.1 Å². The maximum absolute atomic E-state index is 10.9. The number of rotatable bonds is 1. The van der Waals surface area contributed by atoms with E-state index in [1.807, 2.05) is 0 Å². The predicted octanol–water partition coefficient (Wildman–Crippen LogP) is 1.03. The van der Waals surface area contributed by atoms with Gasteiger partial charge in [-0.2, -0.15) is 0 Å². The van der Waals surface area contributed by atoms with Gasteiger partial charge in [0.25, 0.3) is 0 Å². The van der Waals surface area contributed by atoms with Crippen molar-refractivity contribution in [2.24, 2.45) is 5.73 Å². The van der Waals surface area contributed by atoms with Crippen LogP contribution in [-0.2, 0) is 4.79 Å². The molecule has 1 aliphatic rings. The van der Waals surface area contributed by atoms with Gasteiger partial charge in [-0.05, 0) is 16.9 Å². The van der Waals surface area contributed by atoms with E-state index >= 15 is 0 Å². The number of carbonyl (C=O) groups excluding carboxylic acids is 1. The summed E-state index contributed by atoms with van der Waals surface area (Å²) in [5, 5.41) is 10.5. The number of carbonyl (C=O) groups is 1. The third-order valence-corrected chi connectivity index (χ3v) is 1.97. The van der Waals surface area contributed by atoms with Crippen molar-refractivity contribution >= 4 is 23.4 Å². The van der Waals surface area contributed by atoms with E-state index < -0.39 is 0 Å². The van der Waals surface area contributed by atoms with Crippen LogP contribution in [0.3, 0.4) is 0 Å². The summed E-state index contributed by atoms with van der Waals surface area (Å²) in [5.41, 5.74) is 5.82. The molecule has 0 unspecified atom stereocenters. The molecule has 0 aromatic heterocycles. The summed E-state index contributed by atoms with van der Waals surface area (Å²) in [6, 6.07) is 0. The molecule has 0 aromatic rings. The molecule has 0 atom stereocenters. The van der Waals surface area contributed by atoms with E-state index in [0.717, 1.165) is 0 Å². The zero-order valence-corrected chi connectivity index (χ0v) is 6.65. The van der Waals surface area contributed by atoms with Crippen LogP contribution in [0, 0.1) is 5.41 Å². The van der Waals surface area contributed by atoms with Gasteiger partial charge in [0.05, 0.1) is 0 Å². The van der Waals surface area contributed by atoms with Gasteiger partial charge >= 0.3 is 0 Å². The van der Waals surface area contributed by atoms with Crippen LogP contribution in [0.5, 0.6) is 0 Å². The molecular weight excluding hydrogens is 160 g/mol. The van der Waals surface area contributed by atoms with Crippen molar-refractivity contribution in [2.75, 3.05) is 0 Å². The van der Waals surface area contributed by atoms with E-state index in [0.29, 0.717) is 5.57 Å². The minimum absolute atomic E-state index is 0.00329. The third-order valence-electron chi connectivity index (χ3n) is 1.25. The van der Waals surface area contributed by atoms with Gasteiger partial charge in [0, 0.05) is 12.0 Å². The second-order valence-electron chi connectivity index (χ2n) is 2.14. The van der Waals surface area contributed by atoms with Crippen LogP contribution < -0.4 is 5.73 Å². The number of hydrogen-bond acceptors (Lipinski definition) is 3. The number of thioether (sulfide) groups is 1. The first-order valence-electron chi connectivity index (χ1n) is 3.08. The molecule has 0 saturated heterocycles. The van der Waals surface area contributed by atoms with Gasteiger partial charge in [-0.25, -0.2) is 0 Å². The molecule has 4 heteroatoms. The standard InChI is InChI=1S/C7H8N2OS/c8-7(9)5-3-6(10)1-2-11-4-5/h1-2,4H,3H2,(H3,8,9). The fourth-order valence-corrected chi connectivity index (χ4v) is 1.37. The minimum Gasteiger partial charge on any atom is -0.384 e. The molecule has 0 radical (unpaired) electrons. The van der Waals surface area contributed by atoms with Crippen LogP contribution in [-0.4, -0.2) is 11.6 Å². The third kappa shape index (κ3) is 2.23. The lowest BCUT2D eigenvalue weighted by Gasteiger charge is -1.98. The molecule has 0 aromatic carbocycles. The summed E-state index contributed by atoms with van der Waals surface area (Å²) >= 11 is 1.37. The van der Waals surface area contributed by atoms with Gasteiger partial charge in [-0.1, -0.05) is 0 Å². The van der Waals surface area contributed by atoms with Crippen LogP contribution in [0.15, 0.2) is 22.5 Å². The van der Waals surface area contributed by atoms with Gasteiger partial charge in [-0.15, -0.1) is 11.8 Å². The quantitative estimate of drug-likeness (QED) is 0.454. The molecule has 0 aliphatic carbocycles. The van der Waals surface area contributed by atoms with Gasteiger partial charge < -0.3 is 5.73 Å². The lowest BCUT2D eigenvalue weighted by Crippen LogP contribution is -2.14. The molecule has 1 rings (SSSR count). The second-order valence-corrected chi connectivity index (χ2v) is 2.92. The molecule has 11 heavy (non-hydrogen) atoms. The van der Waals surface area contributed by atoms with E-state index in [9.17, 15) is 4.79 Å². The van der Waals surface area contributed by atoms with Crippen molar-refractivity contribution in [1.82, 2.24) is 0 Å². The Labute approximate surface area is 68.9 Å². The Kier molecular flexibility index (Phi) is 2.48. The Morgan fingerprint density at radius 3 is 3.09 bits per heavy atom. The second kappa shape index (κ2) is 3.39. The molecule has 0 fully saturated rings. The molecule has 0 saturated carbocycles. The molecular formula is C7H8N2OS. The molecule has 0 amide bonds. The summed E-state index contributed by atoms with van der Waals surface area (Å²) in [6.07, 6.45) is 1.75. The SMILES string of the molecule is N=C(N)C1=CSC=CC(=O)C1. The highest BCUT2D eigenvalue weighted by molar-refractivity contribution is 8.05. The zero-order valence-electron chi connectivity index (χ0n) is 5.83. The lowest BCUT2D eigenvalue weighted by atomic mass is 10.1. The van der Waals surface area contributed by atoms with Crippen molar-refractivity contribution in [3.63, 3.8) is 0 Å². The molecule has 1 aliphatic heterocycles. The first kappa shape index (κ1) is 8.07. The highest BCUT2D eigenvalue weighted by Gasteiger charge is 2.07. The number of hydrogen-bond donors (Lipinski definition) is 2. The predicted molar refractivity (Wildman–Crippen MR) is 46.4 cm³/mol. The summed E-state index contributed by atoms with van der Waals surface area (Å²) in [4.78, 5) is 10.9. The van der Waals surface area contributed by atoms with Crippen molar-refractivity contribution in [1.29, 1.82) is 5.41 Å². The average Bonchev–Trinajstić information content (AvgIpc) is 2.13. The Morgan fingerprint density at radius 1 is 1.73 bits per heavy atom. The first-order chi connectivity index (χ1) is 5.20. The molecule has 0 spiro atoms. The maximum Gasteiger partial charge on any atom is 0.160 e. The van der Waals surface area contributed by atoms with Crippen molar-refractivity contribution in [2.45, 2.75) is 6.42 Å². The topological polar surface area (TPSA) is 66.9 Å². The van der Waals surface area contributed by atoms with E-state index in [2.05, 4.69) is 0 Å². The molecule has 3 nitrogen and oxygen atoms in total. The van der Waals surface area contributed by atoms with E-state index in [-0.39, 0.29) is 18.0 Å². The molecule has 0 bridgehead atoms. The number of nitrogens with two attached hydrogens (primary N) is 1. The summed E-state index contributed by atoms with van der Waals surface area (Å²) in [7, 11) is 0. The summed E-state index contributed by atoms with van der Waals surface area (Å²) in [5.74, 6) is -0.0222. The monoisotopic (exact) mass is 168 g/mol. The normalized spacial score (nSPS) is 17.5. The van der Waals surface area contributed by atoms with Crippen LogP contribution in [0.1, 0.15) is 6.42 Å². The Balaban J connectivity index is 2.77. The first-order valence-corrected chi connectivity index (χ1v) is 4.02. The van der Waals surface area contributed by atoms with Crippen LogP contribution in [0.25, 0.3) is 0 Å². The number of allylic oxidation sites excluding steroid dienone is 1. The maximum atomic E-state index is 10.9. The van der Waals surface area contributed by atoms with Crippen molar-refractivity contribution in [3.8, 4) is 0 Å². The smallest absolute Gasteiger partial charge is 0.160 e. The fraction of sp³-hybridized carbons (Fsp3) is 0.143. The van der Waals surface area contributed by atoms with Crippen LogP contribution in [0.2, 0.25) is 0 Å². The zero-order chi connectivity index (χ0) is 8.27. The summed E-state index contributed by atoms with van der Waals surface area (Å²) < 4.78 is 0. The van der Waals surface area contributed by atoms with Gasteiger partial charge in [0.1, 0.15) is 5.84 Å². The van der Waals surface area contributed by atoms with E-state index in [1.54, 1.807) is 10.8 Å². The highest BCUT2D eigenvalue weighted by Crippen LogP contribution is 2.16. The van der Waals surface area contributed by atoms with Crippen molar-refractivity contribution < 1.29 is 4.79 Å². The Bertz CT molecular complexity index is 255. The molecule has 3 N–H and O–H groups in total. The molecule has 1 heterocycles. The summed E-state index contributed by atoms with van der Waals surface area (Å²) in [6.45, 7) is 0. The fourth-order valence-electron chi connectivity index (χ4n) is 0.684. The Morgan fingerprint density at radius 2 is 2.45 bits per heavy atom. The number of nitrogens with one attached hydrogen (secondary N) is 1. The highest BCUT2D eigenvalue weighted by atomic mass is 32.2. The van der Waals surface area contributed by atoms with E-state index in [1.165, 1.54) is 17.8 Å². The van der Waals surface area contributed by atoms with Gasteiger partial charge in [-0.3, -0.25) is 10.2 Å². The van der Waals surface area contributed by atoms with Crippen LogP contribution >= 0.6 is 11.8 Å². The Hall–Kier alpha value is -1.03. The number of amidine groups is 1. The average molecular weight is 168 g/mol. The lowest BCUT2D eigenvalue weighted by molar-refractivity contribution is -0.113. The van der Waals surface area contributed by atoms with Crippen molar-refractivity contribution in [3.05, 3.63) is 22.5 Å². The van der Waals surface area contributed by atoms with Gasteiger partial charge in [0.15, 0.2) is 5.78 Å². The van der Waals surface area contributed by atoms with Gasteiger partial charge in [0.2, 0.25) is 0 Å². The molecule has 58 valence electrons.